The van der Waals surface area contributed by atoms with E-state index in [-0.39, 0.29) is 36.2 Å². The van der Waals surface area contributed by atoms with E-state index in [1.807, 2.05) is 23.1 Å². The molecular formula is C31H36N6O6. The van der Waals surface area contributed by atoms with Crippen molar-refractivity contribution in [3.63, 3.8) is 0 Å². The van der Waals surface area contributed by atoms with Crippen LogP contribution in [-0.2, 0) is 16.1 Å². The number of imidazole rings is 1. The van der Waals surface area contributed by atoms with Crippen LogP contribution in [0.4, 0.5) is 5.69 Å². The van der Waals surface area contributed by atoms with Crippen LogP contribution in [-0.4, -0.2) is 70.6 Å². The zero-order valence-electron chi connectivity index (χ0n) is 24.1. The van der Waals surface area contributed by atoms with Crippen molar-refractivity contribution in [2.75, 3.05) is 33.4 Å². The molecule has 5 rings (SSSR count). The second kappa shape index (κ2) is 13.6. The molecule has 226 valence electrons. The Morgan fingerprint density at radius 1 is 1.21 bits per heavy atom. The maximum atomic E-state index is 13.2. The van der Waals surface area contributed by atoms with E-state index in [1.165, 1.54) is 18.2 Å². The molecule has 2 atom stereocenters. The normalized spacial score (nSPS) is 15.9. The van der Waals surface area contributed by atoms with Crippen molar-refractivity contribution in [1.29, 1.82) is 0 Å². The van der Waals surface area contributed by atoms with Crippen molar-refractivity contribution in [2.24, 2.45) is 5.73 Å². The number of non-ortho nitro benzene ring substituents is 1. The highest BCUT2D eigenvalue weighted by Gasteiger charge is 2.29. The van der Waals surface area contributed by atoms with Crippen molar-refractivity contribution < 1.29 is 23.7 Å². The first-order chi connectivity index (χ1) is 20.8. The second-order valence-corrected chi connectivity index (χ2v) is 10.8. The van der Waals surface area contributed by atoms with Crippen LogP contribution in [0.5, 0.6) is 0 Å². The fourth-order valence-electron chi connectivity index (χ4n) is 5.55. The minimum absolute atomic E-state index is 0.0484. The standard InChI is InChI=1S/C31H36N6O6/c1-42-16-6-15-36-26-11-3-2-10-25(26)34-30(36)22-8-5-14-35(20-22)29(38)18-23(32)19-33-31(39)28-13-12-27(43-28)21-7-4-9-24(17-21)37(40)41/h2-4,7,9-13,17,22-23H,5-6,8,14-16,18-20,32H2,1H3,(H,33,39). The first kappa shape index (κ1) is 29.9. The Kier molecular flexibility index (Phi) is 9.48. The monoisotopic (exact) mass is 588 g/mol. The summed E-state index contributed by atoms with van der Waals surface area (Å²) in [5.74, 6) is 0.953. The highest BCUT2D eigenvalue weighted by molar-refractivity contribution is 5.92. The molecular weight excluding hydrogens is 552 g/mol. The quantitative estimate of drug-likeness (QED) is 0.142. The Morgan fingerprint density at radius 2 is 2.05 bits per heavy atom. The number of likely N-dealkylation sites (tertiary alicyclic amines) is 1. The highest BCUT2D eigenvalue weighted by atomic mass is 16.6. The van der Waals surface area contributed by atoms with Gasteiger partial charge in [0.1, 0.15) is 11.6 Å². The van der Waals surface area contributed by atoms with Gasteiger partial charge >= 0.3 is 0 Å². The van der Waals surface area contributed by atoms with Gasteiger partial charge in [0.05, 0.1) is 16.0 Å². The number of rotatable bonds is 12. The summed E-state index contributed by atoms with van der Waals surface area (Å²) in [6, 6.07) is 16.6. The lowest BCUT2D eigenvalue weighted by atomic mass is 9.96. The minimum Gasteiger partial charge on any atom is -0.451 e. The Morgan fingerprint density at radius 3 is 2.86 bits per heavy atom. The van der Waals surface area contributed by atoms with Gasteiger partial charge in [0.15, 0.2) is 5.76 Å². The summed E-state index contributed by atoms with van der Waals surface area (Å²) < 4.78 is 13.1. The predicted molar refractivity (Wildman–Crippen MR) is 161 cm³/mol. The molecule has 1 aliphatic rings. The number of fused-ring (bicyclic) bond motifs is 1. The molecule has 12 nitrogen and oxygen atoms in total. The van der Waals surface area contributed by atoms with E-state index in [0.717, 1.165) is 42.7 Å². The van der Waals surface area contributed by atoms with Crippen LogP contribution in [0.25, 0.3) is 22.4 Å². The molecule has 43 heavy (non-hydrogen) atoms. The van der Waals surface area contributed by atoms with Crippen molar-refractivity contribution in [3.05, 3.63) is 82.4 Å². The summed E-state index contributed by atoms with van der Waals surface area (Å²) >= 11 is 0. The molecule has 0 bridgehead atoms. The molecule has 0 radical (unpaired) electrons. The first-order valence-corrected chi connectivity index (χ1v) is 14.4. The third kappa shape index (κ3) is 7.09. The molecule has 2 aromatic heterocycles. The Balaban J connectivity index is 1.16. The van der Waals surface area contributed by atoms with Crippen LogP contribution in [0.1, 0.15) is 48.0 Å². The number of methoxy groups -OCH3 is 1. The molecule has 2 aromatic carbocycles. The molecule has 3 N–H and O–H groups in total. The molecule has 0 aliphatic carbocycles. The maximum absolute atomic E-state index is 13.2. The molecule has 0 saturated carbocycles. The van der Waals surface area contributed by atoms with Crippen LogP contribution < -0.4 is 11.1 Å². The lowest BCUT2D eigenvalue weighted by Gasteiger charge is -2.33. The van der Waals surface area contributed by atoms with Gasteiger partial charge in [-0.2, -0.15) is 0 Å². The van der Waals surface area contributed by atoms with Crippen LogP contribution in [0, 0.1) is 10.1 Å². The van der Waals surface area contributed by atoms with Gasteiger partial charge in [0.2, 0.25) is 5.91 Å². The van der Waals surface area contributed by atoms with Crippen LogP contribution in [0.15, 0.2) is 65.1 Å². The van der Waals surface area contributed by atoms with Gasteiger partial charge in [0, 0.05) is 76.0 Å². The summed E-state index contributed by atoms with van der Waals surface area (Å²) in [4.78, 5) is 43.3. The van der Waals surface area contributed by atoms with Crippen molar-refractivity contribution in [3.8, 4) is 11.3 Å². The number of aryl methyl sites for hydroxylation is 1. The fraction of sp³-hybridized carbons (Fsp3) is 0.387. The number of nitrogens with one attached hydrogen (secondary N) is 1. The summed E-state index contributed by atoms with van der Waals surface area (Å²) in [5.41, 5.74) is 8.70. The molecule has 1 fully saturated rings. The van der Waals surface area contributed by atoms with Crippen LogP contribution >= 0.6 is 0 Å². The lowest BCUT2D eigenvalue weighted by Crippen LogP contribution is -2.45. The van der Waals surface area contributed by atoms with Gasteiger partial charge in [-0.1, -0.05) is 24.3 Å². The molecule has 3 heterocycles. The van der Waals surface area contributed by atoms with Crippen molar-refractivity contribution >= 4 is 28.5 Å². The molecule has 2 unspecified atom stereocenters. The number of nitrogens with two attached hydrogens (primary N) is 1. The molecule has 0 spiro atoms. The Bertz CT molecular complexity index is 1600. The summed E-state index contributed by atoms with van der Waals surface area (Å²) in [5, 5.41) is 13.8. The largest absolute Gasteiger partial charge is 0.451 e. The number of hydrogen-bond donors (Lipinski definition) is 2. The van der Waals surface area contributed by atoms with Crippen molar-refractivity contribution in [2.45, 2.75) is 44.2 Å². The number of furan rings is 1. The number of nitro groups is 1. The SMILES string of the molecule is COCCCn1c(C2CCCN(C(=O)CC(N)CNC(=O)c3ccc(-c4cccc([N+](=O)[O-])c4)o3)C2)nc2ccccc21. The minimum atomic E-state index is -0.582. The summed E-state index contributed by atoms with van der Waals surface area (Å²) in [6.07, 6.45) is 2.78. The van der Waals surface area contributed by atoms with Gasteiger partial charge in [-0.05, 0) is 43.5 Å². The fourth-order valence-corrected chi connectivity index (χ4v) is 5.55. The molecule has 12 heteroatoms. The average molecular weight is 589 g/mol. The maximum Gasteiger partial charge on any atom is 0.287 e. The van der Waals surface area contributed by atoms with E-state index in [9.17, 15) is 19.7 Å². The molecule has 4 aromatic rings. The van der Waals surface area contributed by atoms with E-state index >= 15 is 0 Å². The number of nitrogens with zero attached hydrogens (tertiary/aromatic N) is 4. The topological polar surface area (TPSA) is 159 Å². The van der Waals surface area contributed by atoms with E-state index in [2.05, 4.69) is 16.0 Å². The first-order valence-electron chi connectivity index (χ1n) is 14.4. The van der Waals surface area contributed by atoms with Gasteiger partial charge in [-0.15, -0.1) is 0 Å². The number of benzene rings is 2. The highest BCUT2D eigenvalue weighted by Crippen LogP contribution is 2.30. The number of nitro benzene ring substituents is 1. The second-order valence-electron chi connectivity index (χ2n) is 10.8. The number of piperidine rings is 1. The number of carbonyl (C=O) groups excluding carboxylic acids is 2. The molecule has 2 amide bonds. The van der Waals surface area contributed by atoms with Crippen LogP contribution in [0.3, 0.4) is 0 Å². The van der Waals surface area contributed by atoms with Gasteiger partial charge in [-0.3, -0.25) is 19.7 Å². The summed E-state index contributed by atoms with van der Waals surface area (Å²) in [6.45, 7) is 2.77. The zero-order chi connectivity index (χ0) is 30.3. The van der Waals surface area contributed by atoms with Gasteiger partial charge in [-0.25, -0.2) is 4.98 Å². The van der Waals surface area contributed by atoms with Gasteiger partial charge in [0.25, 0.3) is 11.6 Å². The zero-order valence-corrected chi connectivity index (χ0v) is 24.1. The predicted octanol–water partition coefficient (Wildman–Crippen LogP) is 4.09. The van der Waals surface area contributed by atoms with E-state index in [0.29, 0.717) is 31.0 Å². The third-order valence-electron chi connectivity index (χ3n) is 7.69. The number of para-hydroxylation sites is 2. The lowest BCUT2D eigenvalue weighted by molar-refractivity contribution is -0.384. The molecule has 1 saturated heterocycles. The number of carbonyl (C=O) groups is 2. The van der Waals surface area contributed by atoms with Crippen LogP contribution in [0.2, 0.25) is 0 Å². The molecule has 1 aliphatic heterocycles. The average Bonchev–Trinajstić information content (AvgIpc) is 3.66. The number of ether oxygens (including phenoxy) is 1. The Labute approximate surface area is 249 Å². The van der Waals surface area contributed by atoms with Crippen molar-refractivity contribution in [1.82, 2.24) is 19.8 Å². The van der Waals surface area contributed by atoms with Gasteiger partial charge < -0.3 is 29.7 Å². The third-order valence-corrected chi connectivity index (χ3v) is 7.69. The summed E-state index contributed by atoms with van der Waals surface area (Å²) in [7, 11) is 1.70. The van der Waals surface area contributed by atoms with E-state index < -0.39 is 16.9 Å². The Hall–Kier alpha value is -4.55. The van der Waals surface area contributed by atoms with E-state index in [1.54, 1.807) is 25.3 Å². The number of amides is 2. The smallest absolute Gasteiger partial charge is 0.287 e. The number of aromatic nitrogens is 2. The number of hydrogen-bond acceptors (Lipinski definition) is 8. The van der Waals surface area contributed by atoms with E-state index in [4.69, 9.17) is 19.9 Å².